The SMILES string of the molecule is CC(C)=CCC/C(C)=C/CC/C(C)=C/CC/C(C)=C/Cn1c[n+](C)c2ncnc(NO)c21. The van der Waals surface area contributed by atoms with E-state index in [-0.39, 0.29) is 0 Å². The summed E-state index contributed by atoms with van der Waals surface area (Å²) in [5.74, 6) is 0.418. The fourth-order valence-corrected chi connectivity index (χ4v) is 3.68. The highest BCUT2D eigenvalue weighted by Gasteiger charge is 2.18. The Bertz CT molecular complexity index is 1010. The molecule has 2 aromatic heterocycles. The zero-order chi connectivity index (χ0) is 23.5. The highest BCUT2D eigenvalue weighted by Crippen LogP contribution is 2.18. The molecule has 0 spiro atoms. The van der Waals surface area contributed by atoms with E-state index in [4.69, 9.17) is 0 Å². The summed E-state index contributed by atoms with van der Waals surface area (Å²) in [6.07, 6.45) is 19.4. The Labute approximate surface area is 193 Å². The van der Waals surface area contributed by atoms with E-state index in [1.165, 1.54) is 28.6 Å². The molecular formula is C26H40N5O+. The van der Waals surface area contributed by atoms with Crippen molar-refractivity contribution in [3.8, 4) is 0 Å². The van der Waals surface area contributed by atoms with Gasteiger partial charge in [0.25, 0.3) is 0 Å². The minimum atomic E-state index is 0.418. The number of nitrogens with one attached hydrogen (secondary N) is 1. The first-order valence-corrected chi connectivity index (χ1v) is 11.5. The molecular weight excluding hydrogens is 398 g/mol. The lowest BCUT2D eigenvalue weighted by atomic mass is 10.0. The average Bonchev–Trinajstić information content (AvgIpc) is 3.08. The van der Waals surface area contributed by atoms with Crippen LogP contribution in [0.3, 0.4) is 0 Å². The van der Waals surface area contributed by atoms with E-state index < -0.39 is 0 Å². The molecule has 0 radical (unpaired) electrons. The molecule has 0 aromatic carbocycles. The van der Waals surface area contributed by atoms with Gasteiger partial charge in [-0.25, -0.2) is 10.0 Å². The van der Waals surface area contributed by atoms with Crippen molar-refractivity contribution < 1.29 is 9.77 Å². The number of aromatic nitrogens is 4. The second-order valence-corrected chi connectivity index (χ2v) is 8.93. The van der Waals surface area contributed by atoms with Crippen LogP contribution < -0.4 is 10.0 Å². The Kier molecular flexibility index (Phi) is 10.3. The van der Waals surface area contributed by atoms with Crippen molar-refractivity contribution in [2.45, 2.75) is 79.7 Å². The summed E-state index contributed by atoms with van der Waals surface area (Å²) in [6, 6.07) is 0. The van der Waals surface area contributed by atoms with E-state index in [0.29, 0.717) is 12.4 Å². The molecule has 0 aliphatic carbocycles. The molecule has 6 nitrogen and oxygen atoms in total. The minimum Gasteiger partial charge on any atom is -0.290 e. The first-order valence-electron chi connectivity index (χ1n) is 11.5. The molecule has 0 unspecified atom stereocenters. The van der Waals surface area contributed by atoms with Crippen LogP contribution in [0.2, 0.25) is 0 Å². The second kappa shape index (κ2) is 13.0. The van der Waals surface area contributed by atoms with Gasteiger partial charge in [-0.1, -0.05) is 51.6 Å². The maximum atomic E-state index is 9.37. The van der Waals surface area contributed by atoms with Crippen molar-refractivity contribution in [2.75, 3.05) is 5.48 Å². The van der Waals surface area contributed by atoms with E-state index >= 15 is 0 Å². The van der Waals surface area contributed by atoms with E-state index in [1.54, 1.807) is 0 Å². The Morgan fingerprint density at radius 1 is 0.906 bits per heavy atom. The molecule has 2 rings (SSSR count). The number of fused-ring (bicyclic) bond motifs is 1. The molecule has 0 aliphatic heterocycles. The van der Waals surface area contributed by atoms with Crippen molar-refractivity contribution in [2.24, 2.45) is 7.05 Å². The molecule has 2 aromatic rings. The normalized spacial score (nSPS) is 13.0. The van der Waals surface area contributed by atoms with Crippen molar-refractivity contribution in [3.63, 3.8) is 0 Å². The number of aryl methyl sites for hydroxylation is 1. The van der Waals surface area contributed by atoms with Gasteiger partial charge in [-0.3, -0.25) is 9.77 Å². The fourth-order valence-electron chi connectivity index (χ4n) is 3.68. The van der Waals surface area contributed by atoms with Gasteiger partial charge in [-0.2, -0.15) is 4.98 Å². The molecule has 32 heavy (non-hydrogen) atoms. The summed E-state index contributed by atoms with van der Waals surface area (Å²) in [6.45, 7) is 11.7. The Morgan fingerprint density at radius 2 is 1.47 bits per heavy atom. The van der Waals surface area contributed by atoms with E-state index in [0.717, 1.165) is 49.7 Å². The predicted molar refractivity (Wildman–Crippen MR) is 133 cm³/mol. The van der Waals surface area contributed by atoms with Crippen LogP contribution in [-0.4, -0.2) is 19.7 Å². The van der Waals surface area contributed by atoms with Crippen LogP contribution in [0.5, 0.6) is 0 Å². The highest BCUT2D eigenvalue weighted by atomic mass is 16.5. The summed E-state index contributed by atoms with van der Waals surface area (Å²) in [4.78, 5) is 8.42. The lowest BCUT2D eigenvalue weighted by molar-refractivity contribution is -0.647. The molecule has 0 saturated heterocycles. The maximum absolute atomic E-state index is 9.37. The average molecular weight is 439 g/mol. The Morgan fingerprint density at radius 3 is 2.03 bits per heavy atom. The third kappa shape index (κ3) is 8.08. The molecule has 0 saturated carbocycles. The van der Waals surface area contributed by atoms with Crippen LogP contribution in [0.25, 0.3) is 11.2 Å². The molecule has 0 amide bonds. The van der Waals surface area contributed by atoms with Gasteiger partial charge in [0.2, 0.25) is 5.52 Å². The number of allylic oxidation sites excluding steroid dienone is 8. The number of imidazole rings is 1. The highest BCUT2D eigenvalue weighted by molar-refractivity contribution is 5.80. The molecule has 174 valence electrons. The number of hydrogen-bond acceptors (Lipinski definition) is 4. The number of nitrogens with zero attached hydrogens (tertiary/aromatic N) is 4. The van der Waals surface area contributed by atoms with Gasteiger partial charge in [0.15, 0.2) is 18.5 Å². The van der Waals surface area contributed by atoms with Crippen LogP contribution in [0.1, 0.15) is 73.1 Å². The summed E-state index contributed by atoms with van der Waals surface area (Å²) in [5.41, 5.74) is 9.45. The smallest absolute Gasteiger partial charge is 0.290 e. The van der Waals surface area contributed by atoms with Gasteiger partial charge in [0.05, 0.1) is 13.6 Å². The fraction of sp³-hybridized carbons (Fsp3) is 0.500. The first-order chi connectivity index (χ1) is 15.3. The molecule has 0 fully saturated rings. The maximum Gasteiger partial charge on any atom is 0.307 e. The molecule has 2 heterocycles. The van der Waals surface area contributed by atoms with Crippen molar-refractivity contribution in [1.82, 2.24) is 14.5 Å². The van der Waals surface area contributed by atoms with Gasteiger partial charge in [0, 0.05) is 0 Å². The molecule has 0 bridgehead atoms. The molecule has 0 atom stereocenters. The van der Waals surface area contributed by atoms with Gasteiger partial charge >= 0.3 is 5.65 Å². The standard InChI is InChI=1S/C26H40N5O/c1-20(2)10-7-11-21(3)12-8-13-22(4)14-9-15-23(5)16-17-31-19-30(6)26-24(31)25(29-32)27-18-28-26/h10,12,14,16,18-19,32H,7-9,11,13,15,17H2,1-6H3,(H,27,28,29)/q+1/b21-12+,22-14+,23-16+. The number of hydrogen-bond donors (Lipinski definition) is 2. The summed E-state index contributed by atoms with van der Waals surface area (Å²) in [7, 11) is 1.94. The van der Waals surface area contributed by atoms with Crippen LogP contribution in [0.4, 0.5) is 5.82 Å². The van der Waals surface area contributed by atoms with Gasteiger partial charge < -0.3 is 0 Å². The lowest BCUT2D eigenvalue weighted by Gasteiger charge is -2.03. The van der Waals surface area contributed by atoms with Crippen molar-refractivity contribution in [1.29, 1.82) is 0 Å². The Balaban J connectivity index is 1.82. The largest absolute Gasteiger partial charge is 0.307 e. The van der Waals surface area contributed by atoms with E-state index in [9.17, 15) is 5.21 Å². The van der Waals surface area contributed by atoms with E-state index in [2.05, 4.69) is 74.4 Å². The van der Waals surface area contributed by atoms with Crippen LogP contribution >= 0.6 is 0 Å². The van der Waals surface area contributed by atoms with Crippen LogP contribution in [-0.2, 0) is 13.6 Å². The predicted octanol–water partition coefficient (Wildman–Crippen LogP) is 6.20. The monoisotopic (exact) mass is 438 g/mol. The lowest BCUT2D eigenvalue weighted by Crippen LogP contribution is -2.26. The van der Waals surface area contributed by atoms with Crippen LogP contribution in [0, 0.1) is 0 Å². The topological polar surface area (TPSA) is 66.9 Å². The number of rotatable bonds is 12. The Hall–Kier alpha value is -2.73. The zero-order valence-corrected chi connectivity index (χ0v) is 20.6. The van der Waals surface area contributed by atoms with Gasteiger partial charge in [-0.05, 0) is 73.1 Å². The molecule has 0 aliphatic rings. The van der Waals surface area contributed by atoms with Crippen LogP contribution in [0.15, 0.2) is 59.3 Å². The summed E-state index contributed by atoms with van der Waals surface area (Å²) >= 11 is 0. The molecule has 2 N–H and O–H groups in total. The third-order valence-corrected chi connectivity index (χ3v) is 5.63. The van der Waals surface area contributed by atoms with Gasteiger partial charge in [-0.15, -0.1) is 0 Å². The van der Waals surface area contributed by atoms with E-state index in [1.807, 2.05) is 22.5 Å². The quantitative estimate of drug-likeness (QED) is 0.235. The summed E-state index contributed by atoms with van der Waals surface area (Å²) < 4.78 is 3.98. The third-order valence-electron chi connectivity index (χ3n) is 5.63. The van der Waals surface area contributed by atoms with Crippen molar-refractivity contribution >= 4 is 17.0 Å². The second-order valence-electron chi connectivity index (χ2n) is 8.93. The first kappa shape index (κ1) is 25.5. The zero-order valence-electron chi connectivity index (χ0n) is 20.6. The van der Waals surface area contributed by atoms with Gasteiger partial charge in [0.1, 0.15) is 0 Å². The van der Waals surface area contributed by atoms with Crippen molar-refractivity contribution in [3.05, 3.63) is 59.3 Å². The molecule has 6 heteroatoms. The minimum absolute atomic E-state index is 0.418. The summed E-state index contributed by atoms with van der Waals surface area (Å²) in [5, 5.41) is 9.37. The number of anilines is 1.